The van der Waals surface area contributed by atoms with Crippen molar-refractivity contribution in [2.45, 2.75) is 57.5 Å². The number of hydrogen-bond donors (Lipinski definition) is 0. The quantitative estimate of drug-likeness (QED) is 0.693. The molecule has 1 saturated heterocycles. The summed E-state index contributed by atoms with van der Waals surface area (Å²) in [5.74, 6) is 0.734. The molecule has 2 rings (SSSR count). The summed E-state index contributed by atoms with van der Waals surface area (Å²) in [6.45, 7) is 1.79. The highest BCUT2D eigenvalue weighted by molar-refractivity contribution is 5.78. The number of nitrogens with zero attached hydrogens (tertiary/aromatic N) is 1. The summed E-state index contributed by atoms with van der Waals surface area (Å²) in [5.41, 5.74) is 0. The van der Waals surface area contributed by atoms with E-state index < -0.39 is 0 Å². The van der Waals surface area contributed by atoms with Crippen molar-refractivity contribution >= 4 is 5.91 Å². The van der Waals surface area contributed by atoms with E-state index in [0.29, 0.717) is 17.9 Å². The van der Waals surface area contributed by atoms with Gasteiger partial charge in [0, 0.05) is 26.1 Å². The number of amides is 1. The van der Waals surface area contributed by atoms with Crippen LogP contribution in [0.3, 0.4) is 0 Å². The van der Waals surface area contributed by atoms with Gasteiger partial charge in [-0.2, -0.15) is 0 Å². The molecule has 1 aliphatic carbocycles. The van der Waals surface area contributed by atoms with Crippen LogP contribution in [0, 0.1) is 5.92 Å². The number of rotatable bonds is 2. The summed E-state index contributed by atoms with van der Waals surface area (Å²) in [7, 11) is 1.77. The molecule has 1 aliphatic heterocycles. The minimum Gasteiger partial charge on any atom is -0.381 e. The van der Waals surface area contributed by atoms with Crippen molar-refractivity contribution in [3.05, 3.63) is 0 Å². The van der Waals surface area contributed by atoms with Gasteiger partial charge in [-0.3, -0.25) is 4.79 Å². The number of methoxy groups -OCH3 is 1. The molecule has 0 N–H and O–H groups in total. The molecular formula is C14H25NO2. The van der Waals surface area contributed by atoms with Gasteiger partial charge < -0.3 is 9.64 Å². The van der Waals surface area contributed by atoms with Crippen molar-refractivity contribution < 1.29 is 9.53 Å². The Bertz CT molecular complexity index is 239. The van der Waals surface area contributed by atoms with Gasteiger partial charge in [0.2, 0.25) is 5.91 Å². The third kappa shape index (κ3) is 3.44. The molecular weight excluding hydrogens is 214 g/mol. The molecule has 0 unspecified atom stereocenters. The first-order valence-corrected chi connectivity index (χ1v) is 7.13. The van der Waals surface area contributed by atoms with Crippen LogP contribution in [0.25, 0.3) is 0 Å². The number of likely N-dealkylation sites (tertiary alicyclic amines) is 1. The van der Waals surface area contributed by atoms with E-state index in [1.807, 2.05) is 0 Å². The molecule has 0 bridgehead atoms. The number of carbonyl (C=O) groups excluding carboxylic acids is 1. The van der Waals surface area contributed by atoms with Gasteiger partial charge >= 0.3 is 0 Å². The Morgan fingerprint density at radius 3 is 2.12 bits per heavy atom. The summed E-state index contributed by atoms with van der Waals surface area (Å²) < 4.78 is 5.35. The predicted molar refractivity (Wildman–Crippen MR) is 67.8 cm³/mol. The van der Waals surface area contributed by atoms with E-state index in [2.05, 4.69) is 4.90 Å². The maximum atomic E-state index is 12.4. The Morgan fingerprint density at radius 2 is 1.59 bits per heavy atom. The van der Waals surface area contributed by atoms with Crippen LogP contribution < -0.4 is 0 Å². The molecule has 0 aromatic carbocycles. The van der Waals surface area contributed by atoms with Crippen molar-refractivity contribution in [3.8, 4) is 0 Å². The lowest BCUT2D eigenvalue weighted by Gasteiger charge is -2.33. The van der Waals surface area contributed by atoms with E-state index in [0.717, 1.165) is 38.8 Å². The van der Waals surface area contributed by atoms with E-state index in [-0.39, 0.29) is 0 Å². The van der Waals surface area contributed by atoms with Gasteiger partial charge in [-0.05, 0) is 25.7 Å². The molecule has 17 heavy (non-hydrogen) atoms. The van der Waals surface area contributed by atoms with Gasteiger partial charge in [0.15, 0.2) is 0 Å². The second-order valence-electron chi connectivity index (χ2n) is 5.45. The van der Waals surface area contributed by atoms with E-state index in [9.17, 15) is 4.79 Å². The molecule has 1 heterocycles. The van der Waals surface area contributed by atoms with Crippen LogP contribution in [-0.4, -0.2) is 37.1 Å². The fraction of sp³-hybridized carbons (Fsp3) is 0.929. The lowest BCUT2D eigenvalue weighted by Crippen LogP contribution is -2.43. The molecule has 1 amide bonds. The van der Waals surface area contributed by atoms with Crippen LogP contribution in [0.2, 0.25) is 0 Å². The normalized spacial score (nSPS) is 24.6. The molecule has 0 atom stereocenters. The van der Waals surface area contributed by atoms with Crippen LogP contribution in [0.5, 0.6) is 0 Å². The summed E-state index contributed by atoms with van der Waals surface area (Å²) in [6.07, 6.45) is 9.73. The van der Waals surface area contributed by atoms with Gasteiger partial charge in [-0.25, -0.2) is 0 Å². The molecule has 0 aromatic rings. The average Bonchev–Trinajstić information content (AvgIpc) is 2.67. The molecule has 1 saturated carbocycles. The molecule has 3 nitrogen and oxygen atoms in total. The predicted octanol–water partition coefficient (Wildman–Crippen LogP) is 2.59. The number of ether oxygens (including phenoxy) is 1. The van der Waals surface area contributed by atoms with Crippen molar-refractivity contribution in [2.75, 3.05) is 20.2 Å². The molecule has 0 aromatic heterocycles. The van der Waals surface area contributed by atoms with Crippen LogP contribution >= 0.6 is 0 Å². The average molecular weight is 239 g/mol. The number of piperidine rings is 1. The first-order valence-electron chi connectivity index (χ1n) is 7.13. The highest BCUT2D eigenvalue weighted by Crippen LogP contribution is 2.26. The monoisotopic (exact) mass is 239 g/mol. The summed E-state index contributed by atoms with van der Waals surface area (Å²) in [5, 5.41) is 0. The second-order valence-corrected chi connectivity index (χ2v) is 5.45. The maximum absolute atomic E-state index is 12.4. The van der Waals surface area contributed by atoms with Gasteiger partial charge in [-0.1, -0.05) is 25.7 Å². The minimum absolute atomic E-state index is 0.316. The van der Waals surface area contributed by atoms with Crippen molar-refractivity contribution in [1.29, 1.82) is 0 Å². The third-order valence-electron chi connectivity index (χ3n) is 4.29. The van der Waals surface area contributed by atoms with Crippen LogP contribution in [0.15, 0.2) is 0 Å². The zero-order valence-electron chi connectivity index (χ0n) is 11.0. The van der Waals surface area contributed by atoms with Gasteiger partial charge in [0.05, 0.1) is 6.10 Å². The minimum atomic E-state index is 0.316. The zero-order chi connectivity index (χ0) is 12.1. The van der Waals surface area contributed by atoms with Crippen LogP contribution in [-0.2, 0) is 9.53 Å². The smallest absolute Gasteiger partial charge is 0.225 e. The molecule has 2 fully saturated rings. The SMILES string of the molecule is COC1CCN(C(=O)C2CCCCCC2)CC1. The first kappa shape index (κ1) is 12.9. The number of hydrogen-bond acceptors (Lipinski definition) is 2. The fourth-order valence-corrected chi connectivity index (χ4v) is 3.10. The summed E-state index contributed by atoms with van der Waals surface area (Å²) >= 11 is 0. The van der Waals surface area contributed by atoms with Crippen molar-refractivity contribution in [3.63, 3.8) is 0 Å². The van der Waals surface area contributed by atoms with Crippen molar-refractivity contribution in [1.82, 2.24) is 4.90 Å². The standard InChI is InChI=1S/C14H25NO2/c1-17-13-8-10-15(11-9-13)14(16)12-6-4-2-3-5-7-12/h12-13H,2-11H2,1H3. The highest BCUT2D eigenvalue weighted by Gasteiger charge is 2.28. The van der Waals surface area contributed by atoms with Crippen molar-refractivity contribution in [2.24, 2.45) is 5.92 Å². The summed E-state index contributed by atoms with van der Waals surface area (Å²) in [4.78, 5) is 14.5. The lowest BCUT2D eigenvalue weighted by molar-refractivity contribution is -0.138. The Morgan fingerprint density at radius 1 is 1.00 bits per heavy atom. The second kappa shape index (κ2) is 6.39. The van der Waals surface area contributed by atoms with E-state index >= 15 is 0 Å². The highest BCUT2D eigenvalue weighted by atomic mass is 16.5. The largest absolute Gasteiger partial charge is 0.381 e. The van der Waals surface area contributed by atoms with E-state index in [1.54, 1.807) is 7.11 Å². The number of carbonyl (C=O) groups is 1. The Labute approximate surface area is 105 Å². The van der Waals surface area contributed by atoms with Crippen LogP contribution in [0.4, 0.5) is 0 Å². The molecule has 98 valence electrons. The molecule has 3 heteroatoms. The third-order valence-corrected chi connectivity index (χ3v) is 4.29. The zero-order valence-corrected chi connectivity index (χ0v) is 11.0. The topological polar surface area (TPSA) is 29.5 Å². The maximum Gasteiger partial charge on any atom is 0.225 e. The Hall–Kier alpha value is -0.570. The molecule has 2 aliphatic rings. The molecule has 0 spiro atoms. The van der Waals surface area contributed by atoms with E-state index in [4.69, 9.17) is 4.74 Å². The lowest BCUT2D eigenvalue weighted by atomic mass is 9.97. The van der Waals surface area contributed by atoms with Crippen LogP contribution in [0.1, 0.15) is 51.4 Å². The first-order chi connectivity index (χ1) is 8.31. The van der Waals surface area contributed by atoms with E-state index in [1.165, 1.54) is 25.7 Å². The molecule has 0 radical (unpaired) electrons. The fourth-order valence-electron chi connectivity index (χ4n) is 3.10. The Balaban J connectivity index is 1.82. The van der Waals surface area contributed by atoms with Gasteiger partial charge in [0.25, 0.3) is 0 Å². The Kier molecular flexibility index (Phi) is 4.84. The van der Waals surface area contributed by atoms with Gasteiger partial charge in [0.1, 0.15) is 0 Å². The summed E-state index contributed by atoms with van der Waals surface area (Å²) in [6, 6.07) is 0. The van der Waals surface area contributed by atoms with Gasteiger partial charge in [-0.15, -0.1) is 0 Å².